The van der Waals surface area contributed by atoms with E-state index in [9.17, 15) is 19.2 Å². The molecule has 1 aliphatic carbocycles. The summed E-state index contributed by atoms with van der Waals surface area (Å²) in [6, 6.07) is 8.40. The molecule has 6 saturated heterocycles. The quantitative estimate of drug-likeness (QED) is 0.152. The fourth-order valence-corrected chi connectivity index (χ4v) is 12.3. The number of piperazine rings is 1. The van der Waals surface area contributed by atoms with Crippen LogP contribution < -0.4 is 36.8 Å². The molecule has 0 radical (unpaired) electrons. The van der Waals surface area contributed by atoms with Gasteiger partial charge in [0.05, 0.1) is 35.0 Å². The number of rotatable bonds is 10. The summed E-state index contributed by atoms with van der Waals surface area (Å²) in [6.45, 7) is 13.4. The molecule has 8 rings (SSSR count). The molecule has 326 valence electrons. The third-order valence-corrected chi connectivity index (χ3v) is 16.0. The number of carbonyl (C=O) groups excluding carboxylic acids is 4. The molecule has 6 heterocycles. The Morgan fingerprint density at radius 2 is 1.63 bits per heavy atom. The third kappa shape index (κ3) is 10.8. The van der Waals surface area contributed by atoms with Crippen LogP contribution in [0.25, 0.3) is 0 Å². The van der Waals surface area contributed by atoms with Crippen molar-refractivity contribution in [2.24, 2.45) is 17.8 Å². The summed E-state index contributed by atoms with van der Waals surface area (Å²) in [6.07, 6.45) is 9.71. The highest BCUT2D eigenvalue weighted by molar-refractivity contribution is 8.01. The first-order valence-electron chi connectivity index (χ1n) is 22.6. The summed E-state index contributed by atoms with van der Waals surface area (Å²) < 4.78 is 0. The van der Waals surface area contributed by atoms with Gasteiger partial charge in [-0.15, -0.1) is 23.4 Å². The van der Waals surface area contributed by atoms with E-state index >= 15 is 0 Å². The fraction of sp³-hybridized carbons (Fsp3) is 0.767. The minimum atomic E-state index is -0.242. The van der Waals surface area contributed by atoms with Gasteiger partial charge < -0.3 is 20.0 Å². The Morgan fingerprint density at radius 1 is 0.881 bits per heavy atom. The zero-order chi connectivity index (χ0) is 41.0. The molecule has 0 spiro atoms. The molecule has 7 aliphatic rings. The molecule has 8 unspecified atom stereocenters. The van der Waals surface area contributed by atoms with Gasteiger partial charge in [0.2, 0.25) is 23.6 Å². The Morgan fingerprint density at radius 3 is 2.34 bits per heavy atom. The monoisotopic (exact) mass is 854 g/mol. The molecule has 6 N–H and O–H groups in total. The van der Waals surface area contributed by atoms with Gasteiger partial charge in [0.25, 0.3) is 0 Å². The van der Waals surface area contributed by atoms with E-state index in [1.54, 1.807) is 11.8 Å². The van der Waals surface area contributed by atoms with Gasteiger partial charge >= 0.3 is 0 Å². The second-order valence-corrected chi connectivity index (χ2v) is 20.2. The van der Waals surface area contributed by atoms with Crippen LogP contribution in [0.1, 0.15) is 89.5 Å². The summed E-state index contributed by atoms with van der Waals surface area (Å²) in [7, 11) is 0. The van der Waals surface area contributed by atoms with Gasteiger partial charge in [0, 0.05) is 82.8 Å². The number of carbonyl (C=O) groups is 4. The molecular weight excluding hydrogens is 788 g/mol. The summed E-state index contributed by atoms with van der Waals surface area (Å²) in [5.41, 5.74) is 2.17. The second-order valence-electron chi connectivity index (χ2n) is 18.4. The van der Waals surface area contributed by atoms with E-state index in [0.29, 0.717) is 37.1 Å². The number of anilines is 1. The maximum Gasteiger partial charge on any atom is 0.234 e. The lowest BCUT2D eigenvalue weighted by Crippen LogP contribution is -2.68. The number of amides is 4. The van der Waals surface area contributed by atoms with Gasteiger partial charge in [0.15, 0.2) is 0 Å². The first-order valence-corrected chi connectivity index (χ1v) is 24.0. The fourth-order valence-electron chi connectivity index (χ4n) is 10.7. The molecular formula is C43H67ClN10O4S. The molecule has 1 aromatic carbocycles. The van der Waals surface area contributed by atoms with E-state index in [2.05, 4.69) is 89.6 Å². The standard InChI is InChI=1S/C43H67ClN10O4S/c1-27-4-3-5-34(44)39(27)50-41(57)35-25-45-43(59-35)48-36-24-37(47-28(2)46-36)53-20-22-54(23-21-53)42(58)31-14-16-51(17-15-31)26-29-12-18-52(19-13-29)32-8-6-30(7-9-32)33-10-11-38(55)49-40(33)56/h6-9,27-29,31,33-37,39,43,45-48H,3-5,10-26H2,1-2H3,(H,50,57)(H,49,55,56)/t27?,28?,33-,34?,35?,36?,37?,39?,43?/m0/s1. The number of nitrogens with one attached hydrogen (secondary N) is 6. The number of hydrogen-bond acceptors (Lipinski definition) is 12. The van der Waals surface area contributed by atoms with Gasteiger partial charge in [0.1, 0.15) is 5.50 Å². The van der Waals surface area contributed by atoms with Gasteiger partial charge in [-0.1, -0.05) is 25.5 Å². The van der Waals surface area contributed by atoms with Crippen molar-refractivity contribution < 1.29 is 19.2 Å². The van der Waals surface area contributed by atoms with Crippen LogP contribution in [0.4, 0.5) is 5.69 Å². The number of alkyl halides is 1. The number of imide groups is 1. The topological polar surface area (TPSA) is 153 Å². The highest BCUT2D eigenvalue weighted by Crippen LogP contribution is 2.32. The van der Waals surface area contributed by atoms with Gasteiger partial charge in [-0.2, -0.15) is 0 Å². The van der Waals surface area contributed by atoms with Crippen molar-refractivity contribution in [2.45, 2.75) is 125 Å². The molecule has 59 heavy (non-hydrogen) atoms. The van der Waals surface area contributed by atoms with Crippen LogP contribution in [0.5, 0.6) is 0 Å². The lowest BCUT2D eigenvalue weighted by molar-refractivity contribution is -0.139. The van der Waals surface area contributed by atoms with E-state index in [1.807, 2.05) is 0 Å². The Balaban J connectivity index is 0.715. The third-order valence-electron chi connectivity index (χ3n) is 14.3. The molecule has 16 heteroatoms. The molecule has 14 nitrogen and oxygen atoms in total. The number of benzene rings is 1. The molecule has 0 aromatic heterocycles. The van der Waals surface area contributed by atoms with Crippen molar-refractivity contribution in [2.75, 3.05) is 70.3 Å². The number of halogens is 1. The van der Waals surface area contributed by atoms with Crippen molar-refractivity contribution >= 4 is 52.7 Å². The molecule has 0 bridgehead atoms. The molecule has 6 aliphatic heterocycles. The summed E-state index contributed by atoms with van der Waals surface area (Å²) in [4.78, 5) is 60.4. The van der Waals surface area contributed by atoms with Gasteiger partial charge in [-0.25, -0.2) is 0 Å². The number of piperidine rings is 3. The highest BCUT2D eigenvalue weighted by atomic mass is 35.5. The SMILES string of the molecule is CC1NC(NC2NCC(C(=O)NC3C(C)CCCC3Cl)S2)CC(N2CCN(C(=O)C3CCN(CC4CCN(c5ccc([C@@H]6CCC(=O)NC6=O)cc5)CC4)CC3)CC2)N1. The Bertz CT molecular complexity index is 1610. The van der Waals surface area contributed by atoms with Crippen LogP contribution in [0.3, 0.4) is 0 Å². The molecule has 7 fully saturated rings. The van der Waals surface area contributed by atoms with E-state index in [-0.39, 0.29) is 70.2 Å². The first kappa shape index (κ1) is 43.2. The van der Waals surface area contributed by atoms with E-state index in [0.717, 1.165) is 116 Å². The summed E-state index contributed by atoms with van der Waals surface area (Å²) in [5.74, 6) is 1.02. The first-order chi connectivity index (χ1) is 28.6. The van der Waals surface area contributed by atoms with Gasteiger partial charge in [-0.05, 0) is 94.5 Å². The van der Waals surface area contributed by atoms with E-state index in [1.165, 1.54) is 5.69 Å². The minimum absolute atomic E-state index is 0.00744. The normalized spacial score (nSPS) is 34.8. The van der Waals surface area contributed by atoms with Gasteiger partial charge in [-0.3, -0.25) is 50.7 Å². The zero-order valence-corrected chi connectivity index (χ0v) is 36.6. The van der Waals surface area contributed by atoms with Crippen molar-refractivity contribution in [3.05, 3.63) is 29.8 Å². The average Bonchev–Trinajstić information content (AvgIpc) is 3.71. The second kappa shape index (κ2) is 19.7. The van der Waals surface area contributed by atoms with E-state index in [4.69, 9.17) is 11.6 Å². The molecule has 9 atom stereocenters. The lowest BCUT2D eigenvalue weighted by atomic mass is 9.85. The number of hydrogen-bond donors (Lipinski definition) is 6. The van der Waals surface area contributed by atoms with Crippen LogP contribution in [0.2, 0.25) is 0 Å². The van der Waals surface area contributed by atoms with Crippen molar-refractivity contribution in [3.63, 3.8) is 0 Å². The highest BCUT2D eigenvalue weighted by Gasteiger charge is 2.39. The van der Waals surface area contributed by atoms with Crippen LogP contribution in [0.15, 0.2) is 24.3 Å². The summed E-state index contributed by atoms with van der Waals surface area (Å²) >= 11 is 8.26. The van der Waals surface area contributed by atoms with Crippen LogP contribution >= 0.6 is 23.4 Å². The van der Waals surface area contributed by atoms with Crippen molar-refractivity contribution in [1.82, 2.24) is 46.6 Å². The minimum Gasteiger partial charge on any atom is -0.372 e. The number of thioether (sulfide) groups is 1. The average molecular weight is 856 g/mol. The number of likely N-dealkylation sites (tertiary alicyclic amines) is 1. The molecule has 1 saturated carbocycles. The predicted molar refractivity (Wildman–Crippen MR) is 233 cm³/mol. The van der Waals surface area contributed by atoms with E-state index < -0.39 is 0 Å². The van der Waals surface area contributed by atoms with Crippen molar-refractivity contribution in [3.8, 4) is 0 Å². The van der Waals surface area contributed by atoms with Crippen LogP contribution in [0, 0.1) is 17.8 Å². The maximum atomic E-state index is 13.7. The smallest absolute Gasteiger partial charge is 0.234 e. The summed E-state index contributed by atoms with van der Waals surface area (Å²) in [5, 5.41) is 20.2. The van der Waals surface area contributed by atoms with Crippen LogP contribution in [-0.4, -0.2) is 144 Å². The maximum absolute atomic E-state index is 13.7. The Hall–Kier alpha value is -2.50. The lowest BCUT2D eigenvalue weighted by Gasteiger charge is -2.46. The molecule has 4 amide bonds. The predicted octanol–water partition coefficient (Wildman–Crippen LogP) is 2.35. The van der Waals surface area contributed by atoms with Crippen LogP contribution in [-0.2, 0) is 19.2 Å². The largest absolute Gasteiger partial charge is 0.372 e. The number of nitrogens with zero attached hydrogens (tertiary/aromatic N) is 4. The Kier molecular flexibility index (Phi) is 14.4. The molecule has 1 aromatic rings. The zero-order valence-electron chi connectivity index (χ0n) is 35.0. The Labute approximate surface area is 359 Å². The van der Waals surface area contributed by atoms with Crippen molar-refractivity contribution in [1.29, 1.82) is 0 Å².